The van der Waals surface area contributed by atoms with Crippen molar-refractivity contribution in [2.24, 2.45) is 4.99 Å². The molecule has 5 nitrogen and oxygen atoms in total. The highest BCUT2D eigenvalue weighted by molar-refractivity contribution is 6.31. The van der Waals surface area contributed by atoms with Gasteiger partial charge >= 0.3 is 5.97 Å². The molecule has 32 heavy (non-hydrogen) atoms. The van der Waals surface area contributed by atoms with Gasteiger partial charge in [-0.1, -0.05) is 41.4 Å². The Labute approximate surface area is 195 Å². The maximum atomic E-state index is 12.3. The van der Waals surface area contributed by atoms with Crippen molar-refractivity contribution < 1.29 is 19.0 Å². The summed E-state index contributed by atoms with van der Waals surface area (Å²) in [6.07, 6.45) is 1.65. The zero-order chi connectivity index (χ0) is 22.5. The quantitative estimate of drug-likeness (QED) is 0.301. The molecule has 0 N–H and O–H groups in total. The van der Waals surface area contributed by atoms with Crippen molar-refractivity contribution in [3.63, 3.8) is 0 Å². The van der Waals surface area contributed by atoms with Gasteiger partial charge < -0.3 is 14.2 Å². The van der Waals surface area contributed by atoms with Crippen molar-refractivity contribution in [3.8, 4) is 11.5 Å². The lowest BCUT2D eigenvalue weighted by atomic mass is 10.1. The number of benzene rings is 3. The second-order valence-corrected chi connectivity index (χ2v) is 7.77. The van der Waals surface area contributed by atoms with Crippen LogP contribution in [0.2, 0.25) is 10.0 Å². The number of aliphatic imine (C=N–C) groups is 1. The van der Waals surface area contributed by atoms with E-state index in [1.807, 2.05) is 37.3 Å². The van der Waals surface area contributed by atoms with E-state index in [2.05, 4.69) is 4.99 Å². The van der Waals surface area contributed by atoms with E-state index in [0.717, 1.165) is 11.1 Å². The second kappa shape index (κ2) is 9.90. The number of nitrogens with zero attached hydrogens (tertiary/aromatic N) is 1. The Kier molecular flexibility index (Phi) is 6.78. The van der Waals surface area contributed by atoms with Crippen LogP contribution in [-0.4, -0.2) is 18.5 Å². The summed E-state index contributed by atoms with van der Waals surface area (Å²) in [6.45, 7) is 2.74. The Morgan fingerprint density at radius 3 is 2.28 bits per heavy atom. The number of ether oxygens (including phenoxy) is 3. The summed E-state index contributed by atoms with van der Waals surface area (Å²) in [6, 6.07) is 19.8. The van der Waals surface area contributed by atoms with Crippen molar-refractivity contribution in [2.75, 3.05) is 6.61 Å². The summed E-state index contributed by atoms with van der Waals surface area (Å²) < 4.78 is 17.0. The normalized spacial score (nSPS) is 14.3. The van der Waals surface area contributed by atoms with Crippen molar-refractivity contribution in [1.82, 2.24) is 0 Å². The Morgan fingerprint density at radius 2 is 1.59 bits per heavy atom. The summed E-state index contributed by atoms with van der Waals surface area (Å²) in [7, 11) is 0. The van der Waals surface area contributed by atoms with Gasteiger partial charge in [0.25, 0.3) is 0 Å². The molecule has 1 heterocycles. The average Bonchev–Trinajstić information content (AvgIpc) is 3.15. The molecule has 3 aromatic carbocycles. The maximum absolute atomic E-state index is 12.3. The van der Waals surface area contributed by atoms with Crippen LogP contribution in [0.15, 0.2) is 77.4 Å². The fraction of sp³-hybridized carbons (Fsp3) is 0.120. The fourth-order valence-electron chi connectivity index (χ4n) is 3.03. The van der Waals surface area contributed by atoms with Crippen LogP contribution in [0.3, 0.4) is 0 Å². The molecule has 0 saturated carbocycles. The predicted molar refractivity (Wildman–Crippen MR) is 125 cm³/mol. The monoisotopic (exact) mass is 467 g/mol. The minimum atomic E-state index is -0.518. The Balaban J connectivity index is 1.54. The minimum absolute atomic E-state index is 0.201. The number of hydrogen-bond acceptors (Lipinski definition) is 5. The highest BCUT2D eigenvalue weighted by Gasteiger charge is 2.24. The smallest absolute Gasteiger partial charge is 0.363 e. The Hall–Kier alpha value is -3.28. The number of cyclic esters (lactones) is 1. The summed E-state index contributed by atoms with van der Waals surface area (Å²) >= 11 is 11.8. The average molecular weight is 468 g/mol. The van der Waals surface area contributed by atoms with Crippen molar-refractivity contribution in [3.05, 3.63) is 99.2 Å². The van der Waals surface area contributed by atoms with Crippen LogP contribution in [0, 0.1) is 0 Å². The molecule has 1 aliphatic heterocycles. The summed E-state index contributed by atoms with van der Waals surface area (Å²) in [5, 5.41) is 1.27. The summed E-state index contributed by atoms with van der Waals surface area (Å²) in [5.41, 5.74) is 2.60. The molecule has 0 bridgehead atoms. The first kappa shape index (κ1) is 21.9. The van der Waals surface area contributed by atoms with Crippen LogP contribution in [0.5, 0.6) is 11.5 Å². The number of esters is 1. The van der Waals surface area contributed by atoms with E-state index in [1.54, 1.807) is 42.5 Å². The van der Waals surface area contributed by atoms with E-state index in [4.69, 9.17) is 37.4 Å². The molecule has 3 aromatic rings. The van der Waals surface area contributed by atoms with Crippen LogP contribution in [0.25, 0.3) is 6.08 Å². The third-order valence-electron chi connectivity index (χ3n) is 4.59. The van der Waals surface area contributed by atoms with Crippen molar-refractivity contribution >= 4 is 41.1 Å². The van der Waals surface area contributed by atoms with E-state index in [-0.39, 0.29) is 11.6 Å². The van der Waals surface area contributed by atoms with E-state index in [1.165, 1.54) is 0 Å². The van der Waals surface area contributed by atoms with Gasteiger partial charge in [-0.15, -0.1) is 0 Å². The van der Waals surface area contributed by atoms with E-state index in [9.17, 15) is 4.79 Å². The molecule has 4 rings (SSSR count). The molecule has 0 saturated heterocycles. The summed E-state index contributed by atoms with van der Waals surface area (Å²) in [5.74, 6) is 0.897. The number of hydrogen-bond donors (Lipinski definition) is 0. The lowest BCUT2D eigenvalue weighted by Gasteiger charge is -2.13. The lowest BCUT2D eigenvalue weighted by Crippen LogP contribution is -2.05. The first-order chi connectivity index (χ1) is 15.5. The molecule has 7 heteroatoms. The van der Waals surface area contributed by atoms with Gasteiger partial charge in [0.05, 0.1) is 6.61 Å². The fourth-order valence-corrected chi connectivity index (χ4v) is 3.28. The van der Waals surface area contributed by atoms with Gasteiger partial charge in [0, 0.05) is 15.6 Å². The van der Waals surface area contributed by atoms with Gasteiger partial charge in [-0.2, -0.15) is 0 Å². The second-order valence-electron chi connectivity index (χ2n) is 6.90. The largest absolute Gasteiger partial charge is 0.490 e. The number of rotatable bonds is 7. The molecule has 0 aromatic heterocycles. The molecular weight excluding hydrogens is 449 g/mol. The third kappa shape index (κ3) is 5.31. The molecule has 1 aliphatic rings. The predicted octanol–water partition coefficient (Wildman–Crippen LogP) is 6.32. The highest BCUT2D eigenvalue weighted by atomic mass is 35.5. The van der Waals surface area contributed by atoms with Crippen LogP contribution < -0.4 is 9.47 Å². The van der Waals surface area contributed by atoms with Crippen molar-refractivity contribution in [1.29, 1.82) is 0 Å². The first-order valence-corrected chi connectivity index (χ1v) is 10.7. The van der Waals surface area contributed by atoms with E-state index < -0.39 is 5.97 Å². The molecule has 0 atom stereocenters. The van der Waals surface area contributed by atoms with Crippen LogP contribution in [-0.2, 0) is 16.1 Å². The number of carbonyl (C=O) groups excluding carboxylic acids is 1. The van der Waals surface area contributed by atoms with Crippen molar-refractivity contribution in [2.45, 2.75) is 13.5 Å². The first-order valence-electron chi connectivity index (χ1n) is 9.94. The molecule has 162 valence electrons. The van der Waals surface area contributed by atoms with Gasteiger partial charge in [-0.05, 0) is 72.7 Å². The van der Waals surface area contributed by atoms with Gasteiger partial charge in [0.15, 0.2) is 17.2 Å². The van der Waals surface area contributed by atoms with Gasteiger partial charge in [0.2, 0.25) is 5.90 Å². The van der Waals surface area contributed by atoms with Gasteiger partial charge in [-0.3, -0.25) is 0 Å². The molecule has 0 aliphatic carbocycles. The zero-order valence-corrected chi connectivity index (χ0v) is 18.7. The van der Waals surface area contributed by atoms with Crippen LogP contribution in [0.4, 0.5) is 0 Å². The Morgan fingerprint density at radius 1 is 0.906 bits per heavy atom. The van der Waals surface area contributed by atoms with Gasteiger partial charge in [-0.25, -0.2) is 9.79 Å². The molecular formula is C25H19Cl2NO4. The van der Waals surface area contributed by atoms with Crippen LogP contribution >= 0.6 is 23.2 Å². The summed E-state index contributed by atoms with van der Waals surface area (Å²) in [4.78, 5) is 16.6. The molecule has 0 radical (unpaired) electrons. The lowest BCUT2D eigenvalue weighted by molar-refractivity contribution is -0.129. The minimum Gasteiger partial charge on any atom is -0.490 e. The zero-order valence-electron chi connectivity index (χ0n) is 17.2. The molecule has 0 amide bonds. The van der Waals surface area contributed by atoms with E-state index >= 15 is 0 Å². The standard InChI is InChI=1S/C25H19Cl2NO4/c1-2-30-23-14-17(5-12-22(23)31-15-16-3-8-19(26)9-4-16)13-21-25(29)32-24(28-21)18-6-10-20(27)11-7-18/h3-14H,2,15H2,1H3/b21-13+. The number of halogens is 2. The van der Waals surface area contributed by atoms with Gasteiger partial charge in [0.1, 0.15) is 6.61 Å². The topological polar surface area (TPSA) is 57.1 Å². The molecule has 0 fully saturated rings. The van der Waals surface area contributed by atoms with E-state index in [0.29, 0.717) is 40.3 Å². The Bertz CT molecular complexity index is 1190. The molecule has 0 spiro atoms. The maximum Gasteiger partial charge on any atom is 0.363 e. The molecule has 0 unspecified atom stereocenters. The number of carbonyl (C=O) groups is 1. The third-order valence-corrected chi connectivity index (χ3v) is 5.09. The van der Waals surface area contributed by atoms with Crippen LogP contribution in [0.1, 0.15) is 23.6 Å². The highest BCUT2D eigenvalue weighted by Crippen LogP contribution is 2.31. The SMILES string of the molecule is CCOc1cc(/C=C2/N=C(c3ccc(Cl)cc3)OC2=O)ccc1OCc1ccc(Cl)cc1.